The lowest BCUT2D eigenvalue weighted by atomic mass is 9.98. The number of nitrogens with zero attached hydrogens (tertiary/aromatic N) is 2. The zero-order chi connectivity index (χ0) is 14.4. The molecule has 1 aromatic heterocycles. The standard InChI is InChI=1S/C17H21N3O.ClH/c1-19-14-6-7-15(19)11-13(10-14)18-17(21)20-9-8-12-4-2-3-5-16(12)20;/h2-5,8-9,13-15H,6-7,10-11H2,1H3,(H,18,21);1H. The van der Waals surface area contributed by atoms with E-state index >= 15 is 0 Å². The largest absolute Gasteiger partial charge is 0.335 e. The normalized spacial score (nSPS) is 27.6. The number of carbonyl (C=O) groups excluding carboxylic acids is 1. The Morgan fingerprint density at radius 1 is 1.14 bits per heavy atom. The van der Waals surface area contributed by atoms with Crippen LogP contribution >= 0.6 is 12.4 Å². The van der Waals surface area contributed by atoms with Crippen LogP contribution in [-0.2, 0) is 0 Å². The zero-order valence-electron chi connectivity index (χ0n) is 12.7. The number of carbonyl (C=O) groups is 1. The van der Waals surface area contributed by atoms with Crippen molar-refractivity contribution in [1.82, 2.24) is 14.8 Å². The monoisotopic (exact) mass is 319 g/mol. The summed E-state index contributed by atoms with van der Waals surface area (Å²) in [5.41, 5.74) is 0.978. The molecule has 4 rings (SSSR count). The minimum absolute atomic E-state index is 0. The predicted octanol–water partition coefficient (Wildman–Crippen LogP) is 3.25. The van der Waals surface area contributed by atoms with Crippen LogP contribution in [0.2, 0.25) is 0 Å². The van der Waals surface area contributed by atoms with Crippen molar-refractivity contribution in [3.63, 3.8) is 0 Å². The number of piperidine rings is 1. The number of hydrogen-bond donors (Lipinski definition) is 1. The lowest BCUT2D eigenvalue weighted by Gasteiger charge is -2.36. The average Bonchev–Trinajstić information content (AvgIpc) is 2.98. The fourth-order valence-corrected chi connectivity index (χ4v) is 4.03. The van der Waals surface area contributed by atoms with Gasteiger partial charge < -0.3 is 10.2 Å². The predicted molar refractivity (Wildman–Crippen MR) is 90.7 cm³/mol. The maximum atomic E-state index is 12.5. The van der Waals surface area contributed by atoms with E-state index in [1.807, 2.05) is 36.5 Å². The molecule has 2 saturated heterocycles. The second kappa shape index (κ2) is 5.94. The molecule has 2 aromatic rings. The van der Waals surface area contributed by atoms with E-state index in [2.05, 4.69) is 17.3 Å². The number of rotatable bonds is 1. The Kier molecular flexibility index (Phi) is 4.15. The van der Waals surface area contributed by atoms with Crippen LogP contribution in [0.1, 0.15) is 25.7 Å². The molecule has 4 nitrogen and oxygen atoms in total. The molecule has 1 N–H and O–H groups in total. The van der Waals surface area contributed by atoms with Crippen LogP contribution in [0.4, 0.5) is 4.79 Å². The summed E-state index contributed by atoms with van der Waals surface area (Å²) >= 11 is 0. The number of benzene rings is 1. The lowest BCUT2D eigenvalue weighted by molar-refractivity contribution is 0.150. The summed E-state index contributed by atoms with van der Waals surface area (Å²) in [6.07, 6.45) is 6.58. The molecule has 22 heavy (non-hydrogen) atoms. The SMILES string of the molecule is CN1C2CCC1CC(NC(=O)n1ccc3ccccc31)C2.Cl. The van der Waals surface area contributed by atoms with Crippen LogP contribution in [0.3, 0.4) is 0 Å². The second-order valence-electron chi connectivity index (χ2n) is 6.41. The van der Waals surface area contributed by atoms with Gasteiger partial charge in [0, 0.05) is 29.7 Å². The Morgan fingerprint density at radius 2 is 1.82 bits per heavy atom. The van der Waals surface area contributed by atoms with E-state index in [4.69, 9.17) is 0 Å². The van der Waals surface area contributed by atoms with Gasteiger partial charge in [0.1, 0.15) is 0 Å². The molecule has 2 bridgehead atoms. The summed E-state index contributed by atoms with van der Waals surface area (Å²) in [6, 6.07) is 11.6. The highest BCUT2D eigenvalue weighted by atomic mass is 35.5. The smallest absolute Gasteiger partial charge is 0.326 e. The third kappa shape index (κ3) is 2.50. The van der Waals surface area contributed by atoms with Crippen molar-refractivity contribution < 1.29 is 4.79 Å². The molecule has 0 saturated carbocycles. The van der Waals surface area contributed by atoms with Gasteiger partial charge in [0.2, 0.25) is 0 Å². The quantitative estimate of drug-likeness (QED) is 0.876. The minimum atomic E-state index is 0. The van der Waals surface area contributed by atoms with E-state index < -0.39 is 0 Å². The van der Waals surface area contributed by atoms with E-state index in [0.717, 1.165) is 23.7 Å². The van der Waals surface area contributed by atoms with Crippen LogP contribution in [-0.4, -0.2) is 40.7 Å². The number of nitrogens with one attached hydrogen (secondary N) is 1. The van der Waals surface area contributed by atoms with Gasteiger partial charge in [0.15, 0.2) is 0 Å². The van der Waals surface area contributed by atoms with Gasteiger partial charge in [0.05, 0.1) is 5.52 Å². The van der Waals surface area contributed by atoms with Crippen molar-refractivity contribution in [3.8, 4) is 0 Å². The molecule has 0 spiro atoms. The summed E-state index contributed by atoms with van der Waals surface area (Å²) in [6.45, 7) is 0. The molecule has 2 unspecified atom stereocenters. The van der Waals surface area contributed by atoms with Gasteiger partial charge in [-0.25, -0.2) is 4.79 Å². The number of fused-ring (bicyclic) bond motifs is 3. The summed E-state index contributed by atoms with van der Waals surface area (Å²) < 4.78 is 1.73. The van der Waals surface area contributed by atoms with Crippen molar-refractivity contribution in [1.29, 1.82) is 0 Å². The van der Waals surface area contributed by atoms with Crippen LogP contribution in [0.25, 0.3) is 10.9 Å². The fraction of sp³-hybridized carbons (Fsp3) is 0.471. The molecule has 118 valence electrons. The third-order valence-corrected chi connectivity index (χ3v) is 5.24. The van der Waals surface area contributed by atoms with E-state index in [9.17, 15) is 4.79 Å². The summed E-state index contributed by atoms with van der Waals surface area (Å²) in [5.74, 6) is 0. The van der Waals surface area contributed by atoms with Crippen LogP contribution in [0, 0.1) is 0 Å². The van der Waals surface area contributed by atoms with Gasteiger partial charge in [-0.1, -0.05) is 18.2 Å². The van der Waals surface area contributed by atoms with E-state index in [0.29, 0.717) is 18.1 Å². The van der Waals surface area contributed by atoms with Crippen LogP contribution in [0.5, 0.6) is 0 Å². The van der Waals surface area contributed by atoms with E-state index in [-0.39, 0.29) is 18.4 Å². The number of halogens is 1. The highest BCUT2D eigenvalue weighted by Gasteiger charge is 2.38. The topological polar surface area (TPSA) is 37.3 Å². The van der Waals surface area contributed by atoms with Crippen molar-refractivity contribution in [3.05, 3.63) is 36.5 Å². The molecule has 2 aliphatic rings. The average molecular weight is 320 g/mol. The van der Waals surface area contributed by atoms with Gasteiger partial charge in [0.25, 0.3) is 0 Å². The maximum Gasteiger partial charge on any atom is 0.326 e. The van der Waals surface area contributed by atoms with Crippen LogP contribution < -0.4 is 5.32 Å². The maximum absolute atomic E-state index is 12.5. The third-order valence-electron chi connectivity index (χ3n) is 5.24. The molecular formula is C17H22ClN3O. The number of amides is 1. The van der Waals surface area contributed by atoms with Gasteiger partial charge in [-0.3, -0.25) is 4.57 Å². The first-order chi connectivity index (χ1) is 10.2. The number of hydrogen-bond acceptors (Lipinski definition) is 2. The van der Waals surface area contributed by atoms with Crippen molar-refractivity contribution in [2.75, 3.05) is 7.05 Å². The summed E-state index contributed by atoms with van der Waals surface area (Å²) in [4.78, 5) is 15.0. The molecule has 0 aliphatic carbocycles. The first-order valence-corrected chi connectivity index (χ1v) is 7.81. The molecule has 2 fully saturated rings. The highest BCUT2D eigenvalue weighted by molar-refractivity contribution is 5.91. The van der Waals surface area contributed by atoms with E-state index in [1.54, 1.807) is 4.57 Å². The van der Waals surface area contributed by atoms with Crippen molar-refractivity contribution in [2.24, 2.45) is 0 Å². The molecule has 5 heteroatoms. The molecular weight excluding hydrogens is 298 g/mol. The van der Waals surface area contributed by atoms with Gasteiger partial charge in [-0.05, 0) is 44.9 Å². The molecule has 1 amide bonds. The van der Waals surface area contributed by atoms with E-state index in [1.165, 1.54) is 12.8 Å². The number of aromatic nitrogens is 1. The van der Waals surface area contributed by atoms with Gasteiger partial charge in [-0.15, -0.1) is 12.4 Å². The van der Waals surface area contributed by atoms with Gasteiger partial charge in [-0.2, -0.15) is 0 Å². The first-order valence-electron chi connectivity index (χ1n) is 7.81. The summed E-state index contributed by atoms with van der Waals surface area (Å²) in [5, 5.41) is 4.34. The second-order valence-corrected chi connectivity index (χ2v) is 6.41. The van der Waals surface area contributed by atoms with Gasteiger partial charge >= 0.3 is 6.03 Å². The Hall–Kier alpha value is -1.52. The Morgan fingerprint density at radius 3 is 2.55 bits per heavy atom. The Labute approximate surface area is 136 Å². The Bertz CT molecular complexity index is 669. The lowest BCUT2D eigenvalue weighted by Crippen LogP contribution is -2.49. The number of para-hydroxylation sites is 1. The molecule has 2 atom stereocenters. The highest BCUT2D eigenvalue weighted by Crippen LogP contribution is 2.34. The van der Waals surface area contributed by atoms with Crippen molar-refractivity contribution >= 4 is 29.3 Å². The fourth-order valence-electron chi connectivity index (χ4n) is 4.03. The molecule has 3 heterocycles. The van der Waals surface area contributed by atoms with Crippen LogP contribution in [0.15, 0.2) is 36.5 Å². The molecule has 1 aromatic carbocycles. The first kappa shape index (κ1) is 15.4. The minimum Gasteiger partial charge on any atom is -0.335 e. The molecule has 2 aliphatic heterocycles. The summed E-state index contributed by atoms with van der Waals surface area (Å²) in [7, 11) is 2.22. The molecule has 0 radical (unpaired) electrons. The van der Waals surface area contributed by atoms with Crippen molar-refractivity contribution in [2.45, 2.75) is 43.8 Å². The Balaban J connectivity index is 0.00000144. The zero-order valence-corrected chi connectivity index (χ0v) is 13.6.